The Morgan fingerprint density at radius 3 is 2.56 bits per heavy atom. The molecule has 0 saturated carbocycles. The van der Waals surface area contributed by atoms with Gasteiger partial charge in [0.1, 0.15) is 0 Å². The largest absolute Gasteiger partial charge is 0.303 e. The predicted molar refractivity (Wildman–Crippen MR) is 75.2 cm³/mol. The topological polar surface area (TPSA) is 16.1 Å². The maximum absolute atomic E-state index is 4.52. The van der Waals surface area contributed by atoms with Gasteiger partial charge in [-0.1, -0.05) is 13.8 Å². The van der Waals surface area contributed by atoms with Crippen molar-refractivity contribution in [3.63, 3.8) is 0 Å². The summed E-state index contributed by atoms with van der Waals surface area (Å²) < 4.78 is 1.08. The van der Waals surface area contributed by atoms with Crippen molar-refractivity contribution in [2.45, 2.75) is 25.8 Å². The van der Waals surface area contributed by atoms with Gasteiger partial charge in [0.05, 0.1) is 10.7 Å². The van der Waals surface area contributed by atoms with Crippen LogP contribution in [-0.2, 0) is 0 Å². The first-order valence-corrected chi connectivity index (χ1v) is 7.43. The SMILES string of the molecule is CCN(CC)CCSc1ccc(Br)c(C)n1. The molecular formula is C12H19BrN2S. The highest BCUT2D eigenvalue weighted by atomic mass is 79.9. The summed E-state index contributed by atoms with van der Waals surface area (Å²) in [7, 11) is 0. The fourth-order valence-electron chi connectivity index (χ4n) is 1.42. The Morgan fingerprint density at radius 2 is 2.00 bits per heavy atom. The number of halogens is 1. The van der Waals surface area contributed by atoms with Crippen LogP contribution in [0.1, 0.15) is 19.5 Å². The van der Waals surface area contributed by atoms with Crippen LogP contribution in [0.4, 0.5) is 0 Å². The molecule has 0 fully saturated rings. The van der Waals surface area contributed by atoms with Crippen LogP contribution in [0.3, 0.4) is 0 Å². The van der Waals surface area contributed by atoms with Crippen LogP contribution in [0.15, 0.2) is 21.6 Å². The van der Waals surface area contributed by atoms with Gasteiger partial charge in [-0.25, -0.2) is 4.98 Å². The van der Waals surface area contributed by atoms with Gasteiger partial charge in [0.25, 0.3) is 0 Å². The van der Waals surface area contributed by atoms with Crippen LogP contribution in [0.2, 0.25) is 0 Å². The second-order valence-corrected chi connectivity index (χ2v) is 5.56. The van der Waals surface area contributed by atoms with Crippen molar-refractivity contribution in [1.82, 2.24) is 9.88 Å². The smallest absolute Gasteiger partial charge is 0.0964 e. The summed E-state index contributed by atoms with van der Waals surface area (Å²) in [5, 5.41) is 1.12. The molecular weight excluding hydrogens is 284 g/mol. The van der Waals surface area contributed by atoms with Crippen LogP contribution in [-0.4, -0.2) is 35.3 Å². The second kappa shape index (κ2) is 7.30. The highest BCUT2D eigenvalue weighted by Crippen LogP contribution is 2.20. The molecule has 0 amide bonds. The molecule has 4 heteroatoms. The molecule has 16 heavy (non-hydrogen) atoms. The number of rotatable bonds is 6. The van der Waals surface area contributed by atoms with Crippen molar-refractivity contribution in [3.8, 4) is 0 Å². The average Bonchev–Trinajstić information content (AvgIpc) is 2.29. The van der Waals surface area contributed by atoms with Crippen molar-refractivity contribution in [3.05, 3.63) is 22.3 Å². The van der Waals surface area contributed by atoms with Gasteiger partial charge < -0.3 is 4.90 Å². The summed E-state index contributed by atoms with van der Waals surface area (Å²) >= 11 is 5.29. The average molecular weight is 303 g/mol. The molecule has 0 atom stereocenters. The quantitative estimate of drug-likeness (QED) is 0.747. The fourth-order valence-corrected chi connectivity index (χ4v) is 2.57. The van der Waals surface area contributed by atoms with E-state index in [1.807, 2.05) is 18.7 Å². The maximum Gasteiger partial charge on any atom is 0.0964 e. The van der Waals surface area contributed by atoms with Gasteiger partial charge in [-0.05, 0) is 48.1 Å². The van der Waals surface area contributed by atoms with Gasteiger partial charge in [-0.2, -0.15) is 0 Å². The summed E-state index contributed by atoms with van der Waals surface area (Å²) in [6.45, 7) is 9.83. The van der Waals surface area contributed by atoms with Crippen molar-refractivity contribution < 1.29 is 0 Å². The van der Waals surface area contributed by atoms with E-state index in [2.05, 4.69) is 51.8 Å². The van der Waals surface area contributed by atoms with Crippen molar-refractivity contribution >= 4 is 27.7 Å². The van der Waals surface area contributed by atoms with E-state index >= 15 is 0 Å². The Morgan fingerprint density at radius 1 is 1.31 bits per heavy atom. The minimum Gasteiger partial charge on any atom is -0.303 e. The summed E-state index contributed by atoms with van der Waals surface area (Å²) in [4.78, 5) is 6.95. The normalized spacial score (nSPS) is 11.1. The molecule has 2 nitrogen and oxygen atoms in total. The molecule has 0 bridgehead atoms. The minimum absolute atomic E-state index is 1.06. The van der Waals surface area contributed by atoms with Crippen LogP contribution in [0.5, 0.6) is 0 Å². The summed E-state index contributed by atoms with van der Waals surface area (Å²) in [6, 6.07) is 4.14. The van der Waals surface area contributed by atoms with Gasteiger partial charge in [-0.3, -0.25) is 0 Å². The third-order valence-corrected chi connectivity index (χ3v) is 4.30. The van der Waals surface area contributed by atoms with Crippen LogP contribution in [0, 0.1) is 6.92 Å². The van der Waals surface area contributed by atoms with E-state index in [1.54, 1.807) is 0 Å². The van der Waals surface area contributed by atoms with Gasteiger partial charge in [0, 0.05) is 16.8 Å². The molecule has 0 aromatic carbocycles. The molecule has 90 valence electrons. The van der Waals surface area contributed by atoms with Crippen LogP contribution in [0.25, 0.3) is 0 Å². The van der Waals surface area contributed by atoms with E-state index in [9.17, 15) is 0 Å². The fraction of sp³-hybridized carbons (Fsp3) is 0.583. The molecule has 1 rings (SSSR count). The van der Waals surface area contributed by atoms with Gasteiger partial charge >= 0.3 is 0 Å². The van der Waals surface area contributed by atoms with E-state index in [0.29, 0.717) is 0 Å². The van der Waals surface area contributed by atoms with E-state index < -0.39 is 0 Å². The zero-order chi connectivity index (χ0) is 12.0. The second-order valence-electron chi connectivity index (χ2n) is 3.59. The first kappa shape index (κ1) is 14.0. The number of thioether (sulfide) groups is 1. The molecule has 0 N–H and O–H groups in total. The lowest BCUT2D eigenvalue weighted by atomic mass is 10.4. The van der Waals surface area contributed by atoms with E-state index in [4.69, 9.17) is 0 Å². The van der Waals surface area contributed by atoms with Crippen LogP contribution >= 0.6 is 27.7 Å². The Kier molecular flexibility index (Phi) is 6.39. The number of aromatic nitrogens is 1. The van der Waals surface area contributed by atoms with Gasteiger partial charge in [0.15, 0.2) is 0 Å². The first-order valence-electron chi connectivity index (χ1n) is 5.65. The first-order chi connectivity index (χ1) is 7.67. The maximum atomic E-state index is 4.52. The Hall–Kier alpha value is -0.0600. The number of nitrogens with zero attached hydrogens (tertiary/aromatic N) is 2. The molecule has 1 heterocycles. The van der Waals surface area contributed by atoms with E-state index in [1.165, 1.54) is 0 Å². The molecule has 0 saturated heterocycles. The summed E-state index contributed by atoms with van der Waals surface area (Å²) in [6.07, 6.45) is 0. The molecule has 0 aliphatic rings. The lowest BCUT2D eigenvalue weighted by Crippen LogP contribution is -2.25. The van der Waals surface area contributed by atoms with Crippen LogP contribution < -0.4 is 0 Å². The van der Waals surface area contributed by atoms with Crippen molar-refractivity contribution in [2.75, 3.05) is 25.4 Å². The number of hydrogen-bond donors (Lipinski definition) is 0. The molecule has 0 spiro atoms. The lowest BCUT2D eigenvalue weighted by Gasteiger charge is -2.17. The van der Waals surface area contributed by atoms with Gasteiger partial charge in [-0.15, -0.1) is 11.8 Å². The monoisotopic (exact) mass is 302 g/mol. The third kappa shape index (κ3) is 4.44. The Bertz CT molecular complexity index is 327. The highest BCUT2D eigenvalue weighted by molar-refractivity contribution is 9.10. The highest BCUT2D eigenvalue weighted by Gasteiger charge is 2.02. The van der Waals surface area contributed by atoms with E-state index in [-0.39, 0.29) is 0 Å². The molecule has 0 aliphatic carbocycles. The van der Waals surface area contributed by atoms with Crippen molar-refractivity contribution in [1.29, 1.82) is 0 Å². The zero-order valence-electron chi connectivity index (χ0n) is 10.2. The Labute approximate surface area is 111 Å². The van der Waals surface area contributed by atoms with Gasteiger partial charge in [0.2, 0.25) is 0 Å². The number of aryl methyl sites for hydroxylation is 1. The lowest BCUT2D eigenvalue weighted by molar-refractivity contribution is 0.324. The zero-order valence-corrected chi connectivity index (χ0v) is 12.6. The predicted octanol–water partition coefficient (Wildman–Crippen LogP) is 3.59. The molecule has 0 aliphatic heterocycles. The molecule has 1 aromatic rings. The standard InChI is InChI=1S/C12H19BrN2S/c1-4-15(5-2)8-9-16-12-7-6-11(13)10(3)14-12/h6-7H,4-5,8-9H2,1-3H3. The molecule has 0 radical (unpaired) electrons. The minimum atomic E-state index is 1.06. The van der Waals surface area contributed by atoms with Crippen molar-refractivity contribution in [2.24, 2.45) is 0 Å². The number of pyridine rings is 1. The summed E-state index contributed by atoms with van der Waals surface area (Å²) in [5.74, 6) is 1.11. The van der Waals surface area contributed by atoms with E-state index in [0.717, 1.165) is 40.6 Å². The molecule has 1 aromatic heterocycles. The number of hydrogen-bond acceptors (Lipinski definition) is 3. The molecule has 0 unspecified atom stereocenters. The summed E-state index contributed by atoms with van der Waals surface area (Å²) in [5.41, 5.74) is 1.06. The third-order valence-electron chi connectivity index (χ3n) is 2.55. The Balaban J connectivity index is 2.40.